The molecule has 2 aromatic rings. The fourth-order valence-corrected chi connectivity index (χ4v) is 2.89. The number of hydrogen-bond donors (Lipinski definition) is 2. The quantitative estimate of drug-likeness (QED) is 0.777. The Morgan fingerprint density at radius 3 is 2.67 bits per heavy atom. The van der Waals surface area contributed by atoms with Crippen LogP contribution in [0.2, 0.25) is 5.15 Å². The van der Waals surface area contributed by atoms with Crippen molar-refractivity contribution in [3.8, 4) is 0 Å². The minimum atomic E-state index is -2.71. The number of aromatic nitrogens is 2. The van der Waals surface area contributed by atoms with E-state index in [4.69, 9.17) is 17.3 Å². The van der Waals surface area contributed by atoms with Crippen molar-refractivity contribution >= 4 is 45.0 Å². The number of halogens is 4. The summed E-state index contributed by atoms with van der Waals surface area (Å²) >= 11 is 8.93. The van der Waals surface area contributed by atoms with Crippen LogP contribution in [-0.2, 0) is 6.54 Å². The second kappa shape index (κ2) is 7.27. The number of nitrogens with two attached hydrogens (primary N) is 1. The van der Waals surface area contributed by atoms with Gasteiger partial charge < -0.3 is 11.1 Å². The van der Waals surface area contributed by atoms with Gasteiger partial charge in [0.05, 0.1) is 11.3 Å². The molecule has 1 heterocycles. The first kappa shape index (κ1) is 18.3. The highest BCUT2D eigenvalue weighted by Gasteiger charge is 2.21. The molecule has 1 aromatic carbocycles. The number of primary amides is 1. The Balaban J connectivity index is 2.39. The molecule has 10 heteroatoms. The Morgan fingerprint density at radius 1 is 1.42 bits per heavy atom. The number of aryl methyl sites for hydroxylation is 1. The Labute approximate surface area is 149 Å². The first-order valence-corrected chi connectivity index (χ1v) is 7.79. The number of nitrogens with zero attached hydrogens (tertiary/aromatic N) is 2. The summed E-state index contributed by atoms with van der Waals surface area (Å²) in [5.41, 5.74) is 6.01. The van der Waals surface area contributed by atoms with E-state index in [1.807, 2.05) is 0 Å². The van der Waals surface area contributed by atoms with Gasteiger partial charge in [-0.2, -0.15) is 5.10 Å². The van der Waals surface area contributed by atoms with Crippen LogP contribution in [0.25, 0.3) is 0 Å². The summed E-state index contributed by atoms with van der Waals surface area (Å²) in [6.07, 6.45) is -2.71. The van der Waals surface area contributed by atoms with E-state index in [0.717, 1.165) is 10.7 Å². The maximum absolute atomic E-state index is 12.6. The average molecular weight is 422 g/mol. The molecule has 24 heavy (non-hydrogen) atoms. The molecular weight excluding hydrogens is 410 g/mol. The van der Waals surface area contributed by atoms with Crippen LogP contribution in [0.5, 0.6) is 0 Å². The van der Waals surface area contributed by atoms with E-state index in [0.29, 0.717) is 10.0 Å². The fraction of sp³-hybridized carbons (Fsp3) is 0.214. The Morgan fingerprint density at radius 2 is 2.08 bits per heavy atom. The van der Waals surface area contributed by atoms with Crippen molar-refractivity contribution in [1.82, 2.24) is 9.78 Å². The van der Waals surface area contributed by atoms with Gasteiger partial charge in [-0.1, -0.05) is 27.5 Å². The highest BCUT2D eigenvalue weighted by molar-refractivity contribution is 9.10. The highest BCUT2D eigenvalue weighted by atomic mass is 79.9. The molecule has 0 atom stereocenters. The number of benzene rings is 1. The van der Waals surface area contributed by atoms with Crippen molar-refractivity contribution in [2.24, 2.45) is 5.73 Å². The molecule has 0 spiro atoms. The third kappa shape index (κ3) is 4.09. The summed E-state index contributed by atoms with van der Waals surface area (Å²) < 4.78 is 26.6. The molecule has 0 aliphatic carbocycles. The summed E-state index contributed by atoms with van der Waals surface area (Å²) in [4.78, 5) is 24.0. The van der Waals surface area contributed by atoms with Crippen molar-refractivity contribution in [1.29, 1.82) is 0 Å². The summed E-state index contributed by atoms with van der Waals surface area (Å²) in [5, 5.41) is 6.06. The van der Waals surface area contributed by atoms with Gasteiger partial charge in [-0.05, 0) is 24.6 Å². The molecule has 128 valence electrons. The molecule has 0 unspecified atom stereocenters. The van der Waals surface area contributed by atoms with Crippen LogP contribution < -0.4 is 11.1 Å². The van der Waals surface area contributed by atoms with Crippen LogP contribution in [0.3, 0.4) is 0 Å². The number of amides is 2. The van der Waals surface area contributed by atoms with E-state index in [9.17, 15) is 18.4 Å². The number of carbonyl (C=O) groups excluding carboxylic acids is 2. The van der Waals surface area contributed by atoms with Crippen molar-refractivity contribution in [2.75, 3.05) is 5.32 Å². The molecule has 0 fully saturated rings. The standard InChI is InChI=1S/C14H12BrClF2N4O2/c1-6-2-7(15)3-8(13(19)23)12(6)20-14(24)9-4-10(16)21-22(9)5-11(17)18/h2-4,11H,5H2,1H3,(H2,19,23)(H,20,24). The van der Waals surface area contributed by atoms with Crippen LogP contribution in [0, 0.1) is 6.92 Å². The van der Waals surface area contributed by atoms with Crippen LogP contribution in [0.4, 0.5) is 14.5 Å². The van der Waals surface area contributed by atoms with Crippen molar-refractivity contribution < 1.29 is 18.4 Å². The lowest BCUT2D eigenvalue weighted by Gasteiger charge is -2.13. The second-order valence-corrected chi connectivity index (χ2v) is 6.19. The van der Waals surface area contributed by atoms with E-state index in [2.05, 4.69) is 26.3 Å². The van der Waals surface area contributed by atoms with Crippen LogP contribution >= 0.6 is 27.5 Å². The smallest absolute Gasteiger partial charge is 0.274 e. The molecule has 0 saturated carbocycles. The largest absolute Gasteiger partial charge is 0.366 e. The van der Waals surface area contributed by atoms with Crippen LogP contribution in [0.15, 0.2) is 22.7 Å². The van der Waals surface area contributed by atoms with Crippen molar-refractivity contribution in [3.63, 3.8) is 0 Å². The predicted octanol–water partition coefficient (Wildman–Crippen LogP) is 3.22. The molecule has 0 radical (unpaired) electrons. The third-order valence-electron chi connectivity index (χ3n) is 3.10. The van der Waals surface area contributed by atoms with Gasteiger partial charge in [0.15, 0.2) is 5.15 Å². The van der Waals surface area contributed by atoms with Gasteiger partial charge in [-0.3, -0.25) is 14.3 Å². The number of rotatable bonds is 5. The second-order valence-electron chi connectivity index (χ2n) is 4.89. The zero-order valence-electron chi connectivity index (χ0n) is 12.3. The van der Waals surface area contributed by atoms with E-state index in [-0.39, 0.29) is 22.1 Å². The fourth-order valence-electron chi connectivity index (χ4n) is 2.12. The lowest BCUT2D eigenvalue weighted by Crippen LogP contribution is -2.23. The first-order valence-electron chi connectivity index (χ1n) is 6.62. The normalized spacial score (nSPS) is 10.9. The lowest BCUT2D eigenvalue weighted by atomic mass is 10.1. The molecule has 2 rings (SSSR count). The van der Waals surface area contributed by atoms with E-state index >= 15 is 0 Å². The zero-order valence-corrected chi connectivity index (χ0v) is 14.7. The molecule has 3 N–H and O–H groups in total. The number of anilines is 1. The highest BCUT2D eigenvalue weighted by Crippen LogP contribution is 2.26. The van der Waals surface area contributed by atoms with Gasteiger partial charge in [0.2, 0.25) is 0 Å². The van der Waals surface area contributed by atoms with E-state index in [1.54, 1.807) is 13.0 Å². The molecule has 0 aliphatic heterocycles. The molecule has 6 nitrogen and oxygen atoms in total. The molecule has 0 saturated heterocycles. The minimum absolute atomic E-state index is 0.0845. The van der Waals surface area contributed by atoms with Gasteiger partial charge >= 0.3 is 0 Å². The van der Waals surface area contributed by atoms with Gasteiger partial charge in [0.1, 0.15) is 12.2 Å². The number of alkyl halides is 2. The van der Waals surface area contributed by atoms with Gasteiger partial charge in [0, 0.05) is 10.5 Å². The van der Waals surface area contributed by atoms with Crippen molar-refractivity contribution in [2.45, 2.75) is 19.9 Å². The first-order chi connectivity index (χ1) is 11.2. The molecule has 0 aliphatic rings. The minimum Gasteiger partial charge on any atom is -0.366 e. The molecule has 2 amide bonds. The molecular formula is C14H12BrClF2N4O2. The Bertz CT molecular complexity index is 810. The average Bonchev–Trinajstić information content (AvgIpc) is 2.81. The summed E-state index contributed by atoms with van der Waals surface area (Å²) in [6, 6.07) is 4.29. The number of carbonyl (C=O) groups is 2. The Kier molecular flexibility index (Phi) is 5.55. The summed E-state index contributed by atoms with van der Waals surface area (Å²) in [6.45, 7) is 0.883. The lowest BCUT2D eigenvalue weighted by molar-refractivity contribution is 0.0988. The van der Waals surface area contributed by atoms with Gasteiger partial charge in [0.25, 0.3) is 18.2 Å². The van der Waals surface area contributed by atoms with Gasteiger partial charge in [-0.25, -0.2) is 8.78 Å². The molecule has 0 bridgehead atoms. The maximum atomic E-state index is 12.6. The summed E-state index contributed by atoms with van der Waals surface area (Å²) in [5.74, 6) is -1.48. The maximum Gasteiger partial charge on any atom is 0.274 e. The summed E-state index contributed by atoms with van der Waals surface area (Å²) in [7, 11) is 0. The number of hydrogen-bond acceptors (Lipinski definition) is 3. The third-order valence-corrected chi connectivity index (χ3v) is 3.74. The SMILES string of the molecule is Cc1cc(Br)cc(C(N)=O)c1NC(=O)c1cc(Cl)nn1CC(F)F. The van der Waals surface area contributed by atoms with Crippen LogP contribution in [-0.4, -0.2) is 28.0 Å². The Hall–Kier alpha value is -2.00. The van der Waals surface area contributed by atoms with E-state index < -0.39 is 24.8 Å². The molecule has 1 aromatic heterocycles. The van der Waals surface area contributed by atoms with E-state index in [1.165, 1.54) is 6.07 Å². The monoisotopic (exact) mass is 420 g/mol. The van der Waals surface area contributed by atoms with Crippen LogP contribution in [0.1, 0.15) is 26.4 Å². The zero-order chi connectivity index (χ0) is 18.0. The number of nitrogens with one attached hydrogen (secondary N) is 1. The van der Waals surface area contributed by atoms with Gasteiger partial charge in [-0.15, -0.1) is 0 Å². The topological polar surface area (TPSA) is 90.0 Å². The predicted molar refractivity (Wildman–Crippen MR) is 88.6 cm³/mol. The van der Waals surface area contributed by atoms with Crippen molar-refractivity contribution in [3.05, 3.63) is 44.6 Å².